The number of hydrogen-bond acceptors (Lipinski definition) is 3. The van der Waals surface area contributed by atoms with Crippen molar-refractivity contribution in [1.29, 1.82) is 0 Å². The standard InChI is InChI=1S/C7H2F4N4/c8-3-5(15-2-12-1-13-15)4(9)7(11)14-6(3)10/h1-2H. The average Bonchev–Trinajstić information content (AvgIpc) is 2.69. The number of aromatic nitrogens is 4. The third kappa shape index (κ3) is 1.43. The lowest BCUT2D eigenvalue weighted by Crippen LogP contribution is -2.09. The number of hydrogen-bond donors (Lipinski definition) is 0. The molecule has 0 fully saturated rings. The van der Waals surface area contributed by atoms with Crippen LogP contribution in [0.25, 0.3) is 5.69 Å². The molecule has 0 bridgehead atoms. The molecule has 2 rings (SSSR count). The van der Waals surface area contributed by atoms with Gasteiger partial charge in [0, 0.05) is 0 Å². The van der Waals surface area contributed by atoms with Gasteiger partial charge in [0.25, 0.3) is 11.9 Å². The van der Waals surface area contributed by atoms with E-state index in [0.29, 0.717) is 4.68 Å². The predicted octanol–water partition coefficient (Wildman–Crippen LogP) is 1.22. The highest BCUT2D eigenvalue weighted by atomic mass is 19.2. The van der Waals surface area contributed by atoms with Gasteiger partial charge < -0.3 is 0 Å². The minimum Gasteiger partial charge on any atom is -0.223 e. The topological polar surface area (TPSA) is 43.6 Å². The third-order valence-electron chi connectivity index (χ3n) is 1.62. The van der Waals surface area contributed by atoms with Crippen molar-refractivity contribution in [3.63, 3.8) is 0 Å². The number of pyridine rings is 1. The molecule has 2 aromatic rings. The lowest BCUT2D eigenvalue weighted by Gasteiger charge is -2.04. The molecule has 0 spiro atoms. The molecule has 0 unspecified atom stereocenters. The highest BCUT2D eigenvalue weighted by molar-refractivity contribution is 5.32. The Hall–Kier alpha value is -1.99. The molecule has 0 aromatic carbocycles. The molecule has 0 amide bonds. The predicted molar refractivity (Wildman–Crippen MR) is 39.0 cm³/mol. The van der Waals surface area contributed by atoms with E-state index in [0.717, 1.165) is 12.7 Å². The van der Waals surface area contributed by atoms with Crippen LogP contribution in [0, 0.1) is 23.5 Å². The Morgan fingerprint density at radius 3 is 2.07 bits per heavy atom. The summed E-state index contributed by atoms with van der Waals surface area (Å²) < 4.78 is 52.0. The molecule has 0 saturated carbocycles. The zero-order chi connectivity index (χ0) is 11.0. The van der Waals surface area contributed by atoms with Crippen LogP contribution < -0.4 is 0 Å². The van der Waals surface area contributed by atoms with E-state index in [2.05, 4.69) is 15.1 Å². The molecular formula is C7H2F4N4. The van der Waals surface area contributed by atoms with Crippen LogP contribution in [0.4, 0.5) is 17.6 Å². The minimum atomic E-state index is -1.74. The summed E-state index contributed by atoms with van der Waals surface area (Å²) >= 11 is 0. The van der Waals surface area contributed by atoms with Crippen molar-refractivity contribution < 1.29 is 17.6 Å². The summed E-state index contributed by atoms with van der Waals surface area (Å²) in [5.41, 5.74) is -0.988. The maximum absolute atomic E-state index is 13.1. The lowest BCUT2D eigenvalue weighted by molar-refractivity contribution is 0.400. The Kier molecular flexibility index (Phi) is 2.10. The molecule has 0 aliphatic carbocycles. The average molecular weight is 218 g/mol. The molecule has 2 heterocycles. The highest BCUT2D eigenvalue weighted by Crippen LogP contribution is 2.19. The van der Waals surface area contributed by atoms with E-state index in [1.165, 1.54) is 0 Å². The quantitative estimate of drug-likeness (QED) is 0.534. The SMILES string of the molecule is Fc1nc(F)c(F)c(-n2cncn2)c1F. The molecular weight excluding hydrogens is 216 g/mol. The molecule has 0 radical (unpaired) electrons. The zero-order valence-electron chi connectivity index (χ0n) is 6.96. The van der Waals surface area contributed by atoms with Crippen molar-refractivity contribution in [2.75, 3.05) is 0 Å². The monoisotopic (exact) mass is 218 g/mol. The van der Waals surface area contributed by atoms with Crippen molar-refractivity contribution in [3.05, 3.63) is 36.2 Å². The maximum atomic E-state index is 13.1. The molecule has 0 aliphatic heterocycles. The summed E-state index contributed by atoms with van der Waals surface area (Å²) in [6.45, 7) is 0. The number of halogens is 4. The van der Waals surface area contributed by atoms with Gasteiger partial charge >= 0.3 is 0 Å². The van der Waals surface area contributed by atoms with Crippen LogP contribution in [-0.4, -0.2) is 19.7 Å². The van der Waals surface area contributed by atoms with E-state index in [1.54, 1.807) is 0 Å². The van der Waals surface area contributed by atoms with Gasteiger partial charge in [0.2, 0.25) is 11.6 Å². The minimum absolute atomic E-state index is 0.568. The Morgan fingerprint density at radius 1 is 1.00 bits per heavy atom. The van der Waals surface area contributed by atoms with Crippen molar-refractivity contribution >= 4 is 0 Å². The molecule has 0 atom stereocenters. The Labute approximate surface area is 80.2 Å². The van der Waals surface area contributed by atoms with Crippen LogP contribution in [0.2, 0.25) is 0 Å². The normalized spacial score (nSPS) is 10.7. The fourth-order valence-electron chi connectivity index (χ4n) is 1.00. The summed E-state index contributed by atoms with van der Waals surface area (Å²) in [6.07, 6.45) is 1.87. The molecule has 0 N–H and O–H groups in total. The second kappa shape index (κ2) is 3.30. The number of rotatable bonds is 1. The van der Waals surface area contributed by atoms with Gasteiger partial charge in [-0.3, -0.25) is 0 Å². The van der Waals surface area contributed by atoms with Gasteiger partial charge in [-0.2, -0.15) is 27.6 Å². The summed E-state index contributed by atoms with van der Waals surface area (Å²) in [5.74, 6) is -6.72. The second-order valence-electron chi connectivity index (χ2n) is 2.51. The van der Waals surface area contributed by atoms with Crippen LogP contribution in [0.15, 0.2) is 12.7 Å². The Balaban J connectivity index is 2.75. The van der Waals surface area contributed by atoms with Crippen molar-refractivity contribution in [2.24, 2.45) is 0 Å². The van der Waals surface area contributed by atoms with E-state index < -0.39 is 29.2 Å². The van der Waals surface area contributed by atoms with E-state index >= 15 is 0 Å². The Morgan fingerprint density at radius 2 is 1.60 bits per heavy atom. The molecule has 2 aromatic heterocycles. The molecule has 78 valence electrons. The third-order valence-corrected chi connectivity index (χ3v) is 1.62. The van der Waals surface area contributed by atoms with Crippen molar-refractivity contribution in [2.45, 2.75) is 0 Å². The van der Waals surface area contributed by atoms with Gasteiger partial charge in [0.05, 0.1) is 0 Å². The smallest absolute Gasteiger partial charge is 0.223 e. The summed E-state index contributed by atoms with van der Waals surface area (Å²) in [6, 6.07) is 0. The van der Waals surface area contributed by atoms with Crippen LogP contribution in [0.1, 0.15) is 0 Å². The van der Waals surface area contributed by atoms with Crippen LogP contribution in [0.5, 0.6) is 0 Å². The van der Waals surface area contributed by atoms with E-state index in [9.17, 15) is 17.6 Å². The van der Waals surface area contributed by atoms with Gasteiger partial charge in [0.1, 0.15) is 18.3 Å². The van der Waals surface area contributed by atoms with Gasteiger partial charge in [-0.1, -0.05) is 0 Å². The van der Waals surface area contributed by atoms with Gasteiger partial charge in [-0.05, 0) is 0 Å². The van der Waals surface area contributed by atoms with E-state index in [4.69, 9.17) is 0 Å². The van der Waals surface area contributed by atoms with E-state index in [1.807, 2.05) is 0 Å². The largest absolute Gasteiger partial charge is 0.254 e. The Bertz CT molecular complexity index is 470. The van der Waals surface area contributed by atoms with Gasteiger partial charge in [-0.15, -0.1) is 0 Å². The first kappa shape index (κ1) is 9.56. The molecule has 0 aliphatic rings. The molecule has 0 saturated heterocycles. The van der Waals surface area contributed by atoms with Crippen LogP contribution in [-0.2, 0) is 0 Å². The van der Waals surface area contributed by atoms with Crippen LogP contribution >= 0.6 is 0 Å². The zero-order valence-corrected chi connectivity index (χ0v) is 6.96. The first-order valence-electron chi connectivity index (χ1n) is 3.66. The fourth-order valence-corrected chi connectivity index (χ4v) is 1.00. The van der Waals surface area contributed by atoms with Gasteiger partial charge in [0.15, 0.2) is 0 Å². The van der Waals surface area contributed by atoms with Crippen LogP contribution in [0.3, 0.4) is 0 Å². The first-order valence-corrected chi connectivity index (χ1v) is 3.66. The summed E-state index contributed by atoms with van der Waals surface area (Å²) in [4.78, 5) is 5.79. The lowest BCUT2D eigenvalue weighted by atomic mass is 10.3. The van der Waals surface area contributed by atoms with E-state index in [-0.39, 0.29) is 0 Å². The molecule has 15 heavy (non-hydrogen) atoms. The van der Waals surface area contributed by atoms with Crippen molar-refractivity contribution in [1.82, 2.24) is 19.7 Å². The number of nitrogens with zero attached hydrogens (tertiary/aromatic N) is 4. The second-order valence-corrected chi connectivity index (χ2v) is 2.51. The highest BCUT2D eigenvalue weighted by Gasteiger charge is 2.22. The summed E-state index contributed by atoms with van der Waals surface area (Å²) in [5, 5.41) is 3.35. The summed E-state index contributed by atoms with van der Waals surface area (Å²) in [7, 11) is 0. The molecule has 4 nitrogen and oxygen atoms in total. The fraction of sp³-hybridized carbons (Fsp3) is 0. The van der Waals surface area contributed by atoms with Crippen molar-refractivity contribution in [3.8, 4) is 5.69 Å². The van der Waals surface area contributed by atoms with Gasteiger partial charge in [-0.25, -0.2) is 9.67 Å². The maximum Gasteiger partial charge on any atom is 0.254 e. The first-order chi connectivity index (χ1) is 7.11. The molecule has 8 heteroatoms.